The van der Waals surface area contributed by atoms with E-state index in [1.54, 1.807) is 22.9 Å². The van der Waals surface area contributed by atoms with Gasteiger partial charge >= 0.3 is 0 Å². The quantitative estimate of drug-likeness (QED) is 0.804. The van der Waals surface area contributed by atoms with Crippen molar-refractivity contribution >= 4 is 12.2 Å². The van der Waals surface area contributed by atoms with E-state index < -0.39 is 0 Å². The Morgan fingerprint density at radius 3 is 2.68 bits per heavy atom. The van der Waals surface area contributed by atoms with Crippen LogP contribution in [0.4, 0.5) is 0 Å². The average Bonchev–Trinajstić information content (AvgIpc) is 2.91. The SMILES string of the molecule is O=Cc1cccn1CCC(=O)NCc1ccccc1. The molecule has 19 heavy (non-hydrogen) atoms. The molecule has 0 radical (unpaired) electrons. The van der Waals surface area contributed by atoms with Crippen molar-refractivity contribution in [2.75, 3.05) is 0 Å². The molecule has 0 unspecified atom stereocenters. The standard InChI is InChI=1S/C15H16N2O2/c18-12-14-7-4-9-17(14)10-8-15(19)16-11-13-5-2-1-3-6-13/h1-7,9,12H,8,10-11H2,(H,16,19). The summed E-state index contributed by atoms with van der Waals surface area (Å²) in [5.74, 6) is -0.0191. The molecule has 0 saturated heterocycles. The fourth-order valence-electron chi connectivity index (χ4n) is 1.84. The first kappa shape index (κ1) is 13.1. The lowest BCUT2D eigenvalue weighted by atomic mass is 10.2. The van der Waals surface area contributed by atoms with E-state index in [1.165, 1.54) is 0 Å². The van der Waals surface area contributed by atoms with Crippen LogP contribution in [0.2, 0.25) is 0 Å². The van der Waals surface area contributed by atoms with Crippen LogP contribution in [0.3, 0.4) is 0 Å². The van der Waals surface area contributed by atoms with E-state index in [0.717, 1.165) is 11.8 Å². The van der Waals surface area contributed by atoms with Crippen molar-refractivity contribution in [3.8, 4) is 0 Å². The summed E-state index contributed by atoms with van der Waals surface area (Å²) in [6, 6.07) is 13.3. The van der Waals surface area contributed by atoms with Crippen molar-refractivity contribution in [2.45, 2.75) is 19.5 Å². The van der Waals surface area contributed by atoms with E-state index >= 15 is 0 Å². The number of nitrogens with zero attached hydrogens (tertiary/aromatic N) is 1. The Morgan fingerprint density at radius 1 is 1.16 bits per heavy atom. The average molecular weight is 256 g/mol. The third-order valence-electron chi connectivity index (χ3n) is 2.90. The van der Waals surface area contributed by atoms with Gasteiger partial charge in [0, 0.05) is 25.7 Å². The number of nitrogens with one attached hydrogen (secondary N) is 1. The van der Waals surface area contributed by atoms with E-state index in [2.05, 4.69) is 5.32 Å². The summed E-state index contributed by atoms with van der Waals surface area (Å²) >= 11 is 0. The number of carbonyl (C=O) groups excluding carboxylic acids is 2. The lowest BCUT2D eigenvalue weighted by Crippen LogP contribution is -2.24. The zero-order valence-electron chi connectivity index (χ0n) is 10.6. The Hall–Kier alpha value is -2.36. The van der Waals surface area contributed by atoms with Gasteiger partial charge in [0.2, 0.25) is 5.91 Å². The largest absolute Gasteiger partial charge is 0.352 e. The Morgan fingerprint density at radius 2 is 1.95 bits per heavy atom. The summed E-state index contributed by atoms with van der Waals surface area (Å²) in [7, 11) is 0. The van der Waals surface area contributed by atoms with Crippen molar-refractivity contribution in [1.82, 2.24) is 9.88 Å². The summed E-state index contributed by atoms with van der Waals surface area (Å²) in [6.45, 7) is 1.05. The molecule has 1 amide bonds. The molecular formula is C15H16N2O2. The molecule has 1 aromatic heterocycles. The van der Waals surface area contributed by atoms with Crippen LogP contribution >= 0.6 is 0 Å². The number of hydrogen-bond donors (Lipinski definition) is 1. The van der Waals surface area contributed by atoms with Gasteiger partial charge in [-0.1, -0.05) is 30.3 Å². The first-order chi connectivity index (χ1) is 9.29. The molecule has 0 bridgehead atoms. The van der Waals surface area contributed by atoms with Crippen LogP contribution < -0.4 is 5.32 Å². The van der Waals surface area contributed by atoms with E-state index in [4.69, 9.17) is 0 Å². The predicted molar refractivity (Wildman–Crippen MR) is 72.7 cm³/mol. The molecule has 98 valence electrons. The summed E-state index contributed by atoms with van der Waals surface area (Å²) in [4.78, 5) is 22.4. The van der Waals surface area contributed by atoms with E-state index in [0.29, 0.717) is 25.2 Å². The van der Waals surface area contributed by atoms with Gasteiger partial charge in [-0.15, -0.1) is 0 Å². The molecule has 1 N–H and O–H groups in total. The third-order valence-corrected chi connectivity index (χ3v) is 2.90. The molecule has 0 aliphatic carbocycles. The van der Waals surface area contributed by atoms with E-state index in [1.807, 2.05) is 30.3 Å². The Bertz CT molecular complexity index is 546. The summed E-state index contributed by atoms with van der Waals surface area (Å²) in [5.41, 5.74) is 1.67. The van der Waals surface area contributed by atoms with Gasteiger partial charge in [-0.3, -0.25) is 9.59 Å². The maximum Gasteiger partial charge on any atom is 0.222 e. The lowest BCUT2D eigenvalue weighted by Gasteiger charge is -2.07. The van der Waals surface area contributed by atoms with Gasteiger partial charge in [0.15, 0.2) is 6.29 Å². The number of carbonyl (C=O) groups is 2. The highest BCUT2D eigenvalue weighted by Gasteiger charge is 2.04. The first-order valence-electron chi connectivity index (χ1n) is 6.20. The summed E-state index contributed by atoms with van der Waals surface area (Å²) < 4.78 is 1.77. The van der Waals surface area contributed by atoms with Gasteiger partial charge in [-0.25, -0.2) is 0 Å². The second-order valence-electron chi connectivity index (χ2n) is 4.26. The van der Waals surface area contributed by atoms with Crippen LogP contribution in [0.1, 0.15) is 22.5 Å². The van der Waals surface area contributed by atoms with Gasteiger partial charge in [-0.05, 0) is 17.7 Å². The van der Waals surface area contributed by atoms with Gasteiger partial charge in [0.05, 0.1) is 5.69 Å². The number of rotatable bonds is 6. The molecular weight excluding hydrogens is 240 g/mol. The fourth-order valence-corrected chi connectivity index (χ4v) is 1.84. The molecule has 0 spiro atoms. The topological polar surface area (TPSA) is 51.1 Å². The molecule has 4 heteroatoms. The highest BCUT2D eigenvalue weighted by Crippen LogP contribution is 2.01. The van der Waals surface area contributed by atoms with Crippen molar-refractivity contribution in [3.63, 3.8) is 0 Å². The number of aldehydes is 1. The van der Waals surface area contributed by atoms with E-state index in [-0.39, 0.29) is 5.91 Å². The fraction of sp³-hybridized carbons (Fsp3) is 0.200. The third kappa shape index (κ3) is 3.81. The monoisotopic (exact) mass is 256 g/mol. The first-order valence-corrected chi connectivity index (χ1v) is 6.20. The van der Waals surface area contributed by atoms with Crippen LogP contribution in [-0.2, 0) is 17.9 Å². The van der Waals surface area contributed by atoms with Crippen LogP contribution in [0.25, 0.3) is 0 Å². The normalized spacial score (nSPS) is 10.1. The van der Waals surface area contributed by atoms with Crippen molar-refractivity contribution in [3.05, 3.63) is 59.9 Å². The Balaban J connectivity index is 1.77. The minimum atomic E-state index is -0.0191. The minimum absolute atomic E-state index is 0.0191. The van der Waals surface area contributed by atoms with Crippen LogP contribution in [0.5, 0.6) is 0 Å². The van der Waals surface area contributed by atoms with Crippen LogP contribution in [0, 0.1) is 0 Å². The molecule has 0 aliphatic heterocycles. The second kappa shape index (κ2) is 6.54. The number of benzene rings is 1. The number of amides is 1. The molecule has 1 aromatic carbocycles. The molecule has 2 rings (SSSR count). The van der Waals surface area contributed by atoms with Gasteiger partial charge in [0.25, 0.3) is 0 Å². The van der Waals surface area contributed by atoms with Gasteiger partial charge < -0.3 is 9.88 Å². The molecule has 0 aliphatic rings. The maximum atomic E-state index is 11.7. The molecule has 1 heterocycles. The zero-order chi connectivity index (χ0) is 13.5. The number of hydrogen-bond acceptors (Lipinski definition) is 2. The lowest BCUT2D eigenvalue weighted by molar-refractivity contribution is -0.121. The smallest absolute Gasteiger partial charge is 0.222 e. The Kier molecular flexibility index (Phi) is 4.50. The molecule has 0 atom stereocenters. The van der Waals surface area contributed by atoms with Crippen molar-refractivity contribution < 1.29 is 9.59 Å². The predicted octanol–water partition coefficient (Wildman–Crippen LogP) is 2.01. The zero-order valence-corrected chi connectivity index (χ0v) is 10.6. The van der Waals surface area contributed by atoms with Crippen molar-refractivity contribution in [2.24, 2.45) is 0 Å². The molecule has 0 saturated carbocycles. The van der Waals surface area contributed by atoms with E-state index in [9.17, 15) is 9.59 Å². The minimum Gasteiger partial charge on any atom is -0.352 e. The summed E-state index contributed by atoms with van der Waals surface area (Å²) in [6.07, 6.45) is 2.96. The molecule has 2 aromatic rings. The highest BCUT2D eigenvalue weighted by atomic mass is 16.1. The van der Waals surface area contributed by atoms with Crippen LogP contribution in [-0.4, -0.2) is 16.8 Å². The number of aromatic nitrogens is 1. The van der Waals surface area contributed by atoms with Crippen LogP contribution in [0.15, 0.2) is 48.7 Å². The van der Waals surface area contributed by atoms with Gasteiger partial charge in [-0.2, -0.15) is 0 Å². The second-order valence-corrected chi connectivity index (χ2v) is 4.26. The van der Waals surface area contributed by atoms with Gasteiger partial charge in [0.1, 0.15) is 0 Å². The number of aryl methyl sites for hydroxylation is 1. The van der Waals surface area contributed by atoms with Crippen molar-refractivity contribution in [1.29, 1.82) is 0 Å². The Labute approximate surface area is 112 Å². The summed E-state index contributed by atoms with van der Waals surface area (Å²) in [5, 5.41) is 2.86. The molecule has 4 nitrogen and oxygen atoms in total. The maximum absolute atomic E-state index is 11.7. The molecule has 0 fully saturated rings. The highest BCUT2D eigenvalue weighted by molar-refractivity contribution is 5.76.